The van der Waals surface area contributed by atoms with Gasteiger partial charge in [-0.25, -0.2) is 4.98 Å². The van der Waals surface area contributed by atoms with E-state index in [1.165, 1.54) is 5.56 Å². The maximum Gasteiger partial charge on any atom is 0.258 e. The number of para-hydroxylation sites is 1. The number of hydrogen-bond acceptors (Lipinski definition) is 2. The number of rotatable bonds is 1. The summed E-state index contributed by atoms with van der Waals surface area (Å²) >= 11 is 5.96. The molecule has 1 aliphatic heterocycles. The number of nitrogens with zero attached hydrogens (tertiary/aromatic N) is 2. The number of carbonyl (C=O) groups is 1. The Labute approximate surface area is 123 Å². The van der Waals surface area contributed by atoms with Gasteiger partial charge in [0.25, 0.3) is 5.91 Å². The van der Waals surface area contributed by atoms with Gasteiger partial charge in [0.05, 0.1) is 0 Å². The van der Waals surface area contributed by atoms with Gasteiger partial charge in [-0.2, -0.15) is 0 Å². The molecule has 20 heavy (non-hydrogen) atoms. The molecular formula is C16H15ClN2O. The van der Waals surface area contributed by atoms with Crippen molar-refractivity contribution in [2.45, 2.75) is 26.3 Å². The molecular weight excluding hydrogens is 272 g/mol. The Kier molecular flexibility index (Phi) is 3.22. The smallest absolute Gasteiger partial charge is 0.258 e. The zero-order chi connectivity index (χ0) is 14.3. The fourth-order valence-electron chi connectivity index (χ4n) is 2.77. The molecule has 0 bridgehead atoms. The molecule has 0 aliphatic carbocycles. The summed E-state index contributed by atoms with van der Waals surface area (Å²) < 4.78 is 0. The molecule has 2 heterocycles. The van der Waals surface area contributed by atoms with Gasteiger partial charge in [-0.05, 0) is 44.0 Å². The summed E-state index contributed by atoms with van der Waals surface area (Å²) in [7, 11) is 0. The number of amides is 1. The number of benzene rings is 1. The van der Waals surface area contributed by atoms with E-state index in [0.717, 1.165) is 17.8 Å². The Morgan fingerprint density at radius 3 is 2.85 bits per heavy atom. The summed E-state index contributed by atoms with van der Waals surface area (Å²) in [6.07, 6.45) is 0.889. The maximum absolute atomic E-state index is 12.8. The first-order valence-electron chi connectivity index (χ1n) is 6.62. The quantitative estimate of drug-likeness (QED) is 0.750. The van der Waals surface area contributed by atoms with Gasteiger partial charge in [-0.15, -0.1) is 0 Å². The Bertz CT molecular complexity index is 664. The second-order valence-corrected chi connectivity index (χ2v) is 5.56. The largest absolute Gasteiger partial charge is 0.305 e. The molecule has 2 aromatic rings. The van der Waals surface area contributed by atoms with Crippen molar-refractivity contribution in [2.75, 3.05) is 4.90 Å². The molecule has 1 aliphatic rings. The topological polar surface area (TPSA) is 33.2 Å². The number of carbonyl (C=O) groups excluding carboxylic acids is 1. The van der Waals surface area contributed by atoms with Crippen molar-refractivity contribution in [3.8, 4) is 0 Å². The number of anilines is 1. The van der Waals surface area contributed by atoms with Crippen LogP contribution in [0.4, 0.5) is 5.69 Å². The Morgan fingerprint density at radius 1 is 1.35 bits per heavy atom. The highest BCUT2D eigenvalue weighted by Crippen LogP contribution is 2.33. The van der Waals surface area contributed by atoms with Crippen LogP contribution in [0.3, 0.4) is 0 Å². The van der Waals surface area contributed by atoms with Gasteiger partial charge in [0.15, 0.2) is 0 Å². The van der Waals surface area contributed by atoms with Gasteiger partial charge in [0.1, 0.15) is 5.15 Å². The van der Waals surface area contributed by atoms with Crippen LogP contribution in [-0.4, -0.2) is 16.9 Å². The zero-order valence-electron chi connectivity index (χ0n) is 11.4. The number of halogens is 1. The minimum Gasteiger partial charge on any atom is -0.305 e. The van der Waals surface area contributed by atoms with E-state index in [9.17, 15) is 4.79 Å². The summed E-state index contributed by atoms with van der Waals surface area (Å²) in [5.74, 6) is -0.0187. The second kappa shape index (κ2) is 4.91. The van der Waals surface area contributed by atoms with Crippen molar-refractivity contribution >= 4 is 23.2 Å². The van der Waals surface area contributed by atoms with E-state index in [0.29, 0.717) is 10.7 Å². The molecule has 1 aromatic carbocycles. The molecule has 3 nitrogen and oxygen atoms in total. The van der Waals surface area contributed by atoms with Crippen molar-refractivity contribution in [1.29, 1.82) is 0 Å². The Morgan fingerprint density at radius 2 is 2.10 bits per heavy atom. The van der Waals surface area contributed by atoms with E-state index in [2.05, 4.69) is 18.0 Å². The molecule has 0 N–H and O–H groups in total. The molecule has 0 fully saturated rings. The molecule has 0 saturated carbocycles. The van der Waals surface area contributed by atoms with Crippen molar-refractivity contribution in [1.82, 2.24) is 4.98 Å². The summed E-state index contributed by atoms with van der Waals surface area (Å²) in [6, 6.07) is 11.6. The van der Waals surface area contributed by atoms with Gasteiger partial charge in [0, 0.05) is 23.0 Å². The average molecular weight is 287 g/mol. The lowest BCUT2D eigenvalue weighted by atomic mass is 10.1. The normalized spacial score (nSPS) is 17.1. The van der Waals surface area contributed by atoms with Gasteiger partial charge >= 0.3 is 0 Å². The first kappa shape index (κ1) is 13.1. The van der Waals surface area contributed by atoms with Crippen molar-refractivity contribution < 1.29 is 4.79 Å². The molecule has 0 saturated heterocycles. The molecule has 0 spiro atoms. The van der Waals surface area contributed by atoms with Crippen molar-refractivity contribution in [2.24, 2.45) is 0 Å². The molecule has 102 valence electrons. The van der Waals surface area contributed by atoms with Crippen LogP contribution in [0.25, 0.3) is 0 Å². The number of aromatic nitrogens is 1. The van der Waals surface area contributed by atoms with Crippen molar-refractivity contribution in [3.63, 3.8) is 0 Å². The first-order valence-corrected chi connectivity index (χ1v) is 6.99. The molecule has 1 amide bonds. The average Bonchev–Trinajstić information content (AvgIpc) is 2.72. The lowest BCUT2D eigenvalue weighted by molar-refractivity contribution is 0.0981. The van der Waals surface area contributed by atoms with E-state index < -0.39 is 0 Å². The number of pyridine rings is 1. The number of aryl methyl sites for hydroxylation is 1. The lowest BCUT2D eigenvalue weighted by Gasteiger charge is -2.23. The van der Waals surface area contributed by atoms with E-state index in [1.54, 1.807) is 12.1 Å². The van der Waals surface area contributed by atoms with Crippen LogP contribution < -0.4 is 4.90 Å². The van der Waals surface area contributed by atoms with Crippen LogP contribution in [0.1, 0.15) is 28.5 Å². The highest BCUT2D eigenvalue weighted by atomic mass is 35.5. The molecule has 1 unspecified atom stereocenters. The predicted octanol–water partition coefficient (Wildman–Crippen LogP) is 3.63. The Balaban J connectivity index is 2.02. The summed E-state index contributed by atoms with van der Waals surface area (Å²) in [4.78, 5) is 18.7. The predicted molar refractivity (Wildman–Crippen MR) is 80.4 cm³/mol. The van der Waals surface area contributed by atoms with Crippen LogP contribution in [0.15, 0.2) is 36.4 Å². The minimum atomic E-state index is -0.0187. The van der Waals surface area contributed by atoms with E-state index in [-0.39, 0.29) is 11.9 Å². The highest BCUT2D eigenvalue weighted by Gasteiger charge is 2.31. The van der Waals surface area contributed by atoms with Gasteiger partial charge < -0.3 is 4.90 Å². The standard InChI is InChI=1S/C16H15ClN2O/c1-10-7-13(9-15(17)18-10)16(20)19-11(2)8-12-5-3-4-6-14(12)19/h3-7,9,11H,8H2,1-2H3. The molecule has 4 heteroatoms. The van der Waals surface area contributed by atoms with Crippen molar-refractivity contribution in [3.05, 3.63) is 58.4 Å². The fourth-order valence-corrected chi connectivity index (χ4v) is 3.02. The van der Waals surface area contributed by atoms with E-state index >= 15 is 0 Å². The SMILES string of the molecule is Cc1cc(C(=O)N2c3ccccc3CC2C)cc(Cl)n1. The van der Waals surface area contributed by atoms with Gasteiger partial charge in [-0.3, -0.25) is 4.79 Å². The first-order chi connectivity index (χ1) is 9.56. The Hall–Kier alpha value is -1.87. The zero-order valence-corrected chi connectivity index (χ0v) is 12.2. The van der Waals surface area contributed by atoms with Crippen LogP contribution in [0.2, 0.25) is 5.15 Å². The van der Waals surface area contributed by atoms with Gasteiger partial charge in [-0.1, -0.05) is 29.8 Å². The third kappa shape index (κ3) is 2.18. The lowest BCUT2D eigenvalue weighted by Crippen LogP contribution is -2.35. The van der Waals surface area contributed by atoms with Crippen LogP contribution >= 0.6 is 11.6 Å². The number of hydrogen-bond donors (Lipinski definition) is 0. The molecule has 1 aromatic heterocycles. The number of fused-ring (bicyclic) bond motifs is 1. The molecule has 1 atom stereocenters. The van der Waals surface area contributed by atoms with E-state index in [1.807, 2.05) is 30.0 Å². The third-order valence-corrected chi connectivity index (χ3v) is 3.79. The van der Waals surface area contributed by atoms with Crippen LogP contribution in [0, 0.1) is 6.92 Å². The van der Waals surface area contributed by atoms with Gasteiger partial charge in [0.2, 0.25) is 0 Å². The summed E-state index contributed by atoms with van der Waals surface area (Å²) in [6.45, 7) is 3.90. The monoisotopic (exact) mass is 286 g/mol. The highest BCUT2D eigenvalue weighted by molar-refractivity contribution is 6.30. The van der Waals surface area contributed by atoms with Crippen LogP contribution in [-0.2, 0) is 6.42 Å². The fraction of sp³-hybridized carbons (Fsp3) is 0.250. The van der Waals surface area contributed by atoms with E-state index in [4.69, 9.17) is 11.6 Å². The molecule has 3 rings (SSSR count). The molecule has 0 radical (unpaired) electrons. The summed E-state index contributed by atoms with van der Waals surface area (Å²) in [5, 5.41) is 0.355. The third-order valence-electron chi connectivity index (χ3n) is 3.60. The summed E-state index contributed by atoms with van der Waals surface area (Å²) in [5.41, 5.74) is 3.55. The minimum absolute atomic E-state index is 0.0187. The second-order valence-electron chi connectivity index (χ2n) is 5.18. The van der Waals surface area contributed by atoms with Crippen LogP contribution in [0.5, 0.6) is 0 Å². The maximum atomic E-state index is 12.8.